The quantitative estimate of drug-likeness (QED) is 0.452. The van der Waals surface area contributed by atoms with E-state index >= 15 is 0 Å². The van der Waals surface area contributed by atoms with Crippen LogP contribution in [0.1, 0.15) is 54.8 Å². The predicted octanol–water partition coefficient (Wildman–Crippen LogP) is 4.01. The minimum absolute atomic E-state index is 0.00910. The monoisotopic (exact) mass is 461 g/mol. The number of piperidine rings is 1. The van der Waals surface area contributed by atoms with Gasteiger partial charge in [0.2, 0.25) is 11.9 Å². The molecule has 1 aliphatic carbocycles. The maximum atomic E-state index is 13.4. The number of hydrogen-bond donors (Lipinski definition) is 2. The molecule has 2 aliphatic rings. The van der Waals surface area contributed by atoms with Crippen molar-refractivity contribution in [3.05, 3.63) is 63.6 Å². The number of aryl methyl sites for hydroxylation is 1. The molecule has 0 atom stereocenters. The summed E-state index contributed by atoms with van der Waals surface area (Å²) in [7, 11) is 0. The van der Waals surface area contributed by atoms with E-state index in [-0.39, 0.29) is 5.56 Å². The zero-order valence-corrected chi connectivity index (χ0v) is 19.2. The second kappa shape index (κ2) is 8.38. The van der Waals surface area contributed by atoms with Crippen molar-refractivity contribution in [3.8, 4) is 5.95 Å². The van der Waals surface area contributed by atoms with Crippen molar-refractivity contribution in [2.75, 3.05) is 18.0 Å². The Labute approximate surface area is 196 Å². The average molecular weight is 462 g/mol. The predicted molar refractivity (Wildman–Crippen MR) is 128 cm³/mol. The van der Waals surface area contributed by atoms with Crippen LogP contribution in [-0.2, 0) is 6.42 Å². The molecule has 4 aromatic rings. The first kappa shape index (κ1) is 21.1. The third-order valence-corrected chi connectivity index (χ3v) is 7.15. The number of rotatable bonds is 6. The summed E-state index contributed by atoms with van der Waals surface area (Å²) in [4.78, 5) is 31.7. The first-order chi connectivity index (χ1) is 16.5. The van der Waals surface area contributed by atoms with E-state index in [1.807, 2.05) is 25.1 Å². The molecule has 6 rings (SSSR count). The van der Waals surface area contributed by atoms with Crippen molar-refractivity contribution < 1.29 is 4.39 Å². The van der Waals surface area contributed by atoms with Crippen molar-refractivity contribution in [3.63, 3.8) is 0 Å². The highest BCUT2D eigenvalue weighted by Crippen LogP contribution is 2.40. The zero-order valence-electron chi connectivity index (χ0n) is 19.2. The van der Waals surface area contributed by atoms with Gasteiger partial charge in [-0.05, 0) is 69.1 Å². The number of anilines is 1. The molecule has 0 bridgehead atoms. The minimum atomic E-state index is -0.417. The number of aromatic amines is 2. The molecule has 4 heterocycles. The molecule has 1 aromatic carbocycles. The maximum Gasteiger partial charge on any atom is 0.277 e. The van der Waals surface area contributed by atoms with E-state index in [4.69, 9.17) is 0 Å². The molecule has 3 aromatic heterocycles. The van der Waals surface area contributed by atoms with Gasteiger partial charge in [-0.1, -0.05) is 6.07 Å². The van der Waals surface area contributed by atoms with Crippen LogP contribution in [0.3, 0.4) is 0 Å². The molecule has 0 unspecified atom stereocenters. The summed E-state index contributed by atoms with van der Waals surface area (Å²) >= 11 is 0. The summed E-state index contributed by atoms with van der Waals surface area (Å²) in [6.07, 6.45) is 8.46. The van der Waals surface area contributed by atoms with Crippen molar-refractivity contribution in [2.45, 2.75) is 51.4 Å². The lowest BCUT2D eigenvalue weighted by atomic mass is 9.90. The Morgan fingerprint density at radius 1 is 1.12 bits per heavy atom. The zero-order chi connectivity index (χ0) is 23.2. The molecular formula is C25H28FN7O. The molecule has 34 heavy (non-hydrogen) atoms. The van der Waals surface area contributed by atoms with E-state index in [1.165, 1.54) is 12.4 Å². The second-order valence-corrected chi connectivity index (χ2v) is 9.67. The van der Waals surface area contributed by atoms with Gasteiger partial charge in [-0.25, -0.2) is 19.3 Å². The van der Waals surface area contributed by atoms with Gasteiger partial charge in [0, 0.05) is 30.3 Å². The molecule has 1 aliphatic heterocycles. The third-order valence-electron chi connectivity index (χ3n) is 7.15. The number of H-pyrrole nitrogens is 2. The van der Waals surface area contributed by atoms with E-state index in [1.54, 1.807) is 4.68 Å². The van der Waals surface area contributed by atoms with Gasteiger partial charge >= 0.3 is 0 Å². The fraction of sp³-hybridized carbons (Fsp3) is 0.440. The second-order valence-electron chi connectivity index (χ2n) is 9.67. The Hall–Kier alpha value is -3.49. The molecule has 176 valence electrons. The molecule has 9 heteroatoms. The van der Waals surface area contributed by atoms with Crippen molar-refractivity contribution in [1.82, 2.24) is 29.7 Å². The topological polar surface area (TPSA) is 95.5 Å². The Bertz CT molecular complexity index is 1370. The highest BCUT2D eigenvalue weighted by Gasteiger charge is 2.31. The number of aromatic nitrogens is 6. The highest BCUT2D eigenvalue weighted by molar-refractivity contribution is 5.76. The van der Waals surface area contributed by atoms with Crippen LogP contribution in [-0.4, -0.2) is 42.8 Å². The summed E-state index contributed by atoms with van der Waals surface area (Å²) in [5.74, 6) is 1.71. The van der Waals surface area contributed by atoms with Gasteiger partial charge in [-0.15, -0.1) is 0 Å². The summed E-state index contributed by atoms with van der Waals surface area (Å²) in [5, 5.41) is 3.38. The fourth-order valence-corrected chi connectivity index (χ4v) is 5.04. The summed E-state index contributed by atoms with van der Waals surface area (Å²) in [5.41, 5.74) is 4.94. The van der Waals surface area contributed by atoms with E-state index in [9.17, 15) is 9.18 Å². The Morgan fingerprint density at radius 3 is 2.62 bits per heavy atom. The number of imidazole rings is 1. The molecule has 0 amide bonds. The standard InChI is InChI=1S/C25H28FN7O/c1-15-2-7-20-21(12-15)30-25(29-20)33-23(34)19(22(31-33)17-4-5-17)6-3-16-8-10-32(11-9-16)24-27-13-18(26)14-28-24/h2,7,12-14,16-17,31H,3-6,8-11H2,1H3,(H,29,30). The molecule has 1 saturated carbocycles. The van der Waals surface area contributed by atoms with E-state index in [0.717, 1.165) is 79.5 Å². The van der Waals surface area contributed by atoms with Gasteiger partial charge < -0.3 is 9.88 Å². The lowest BCUT2D eigenvalue weighted by Gasteiger charge is -2.31. The lowest BCUT2D eigenvalue weighted by molar-refractivity contribution is 0.378. The Kier molecular flexibility index (Phi) is 5.19. The molecular weight excluding hydrogens is 433 g/mol. The summed E-state index contributed by atoms with van der Waals surface area (Å²) in [6, 6.07) is 6.05. The maximum absolute atomic E-state index is 13.4. The van der Waals surface area contributed by atoms with Gasteiger partial charge in [0.15, 0.2) is 5.82 Å². The van der Waals surface area contributed by atoms with Crippen LogP contribution in [0.15, 0.2) is 35.4 Å². The molecule has 2 N–H and O–H groups in total. The number of halogens is 1. The van der Waals surface area contributed by atoms with Crippen LogP contribution in [0.25, 0.3) is 17.0 Å². The number of benzene rings is 1. The van der Waals surface area contributed by atoms with Gasteiger partial charge in [0.25, 0.3) is 5.56 Å². The van der Waals surface area contributed by atoms with Crippen molar-refractivity contribution >= 4 is 17.0 Å². The van der Waals surface area contributed by atoms with Gasteiger partial charge in [-0.2, -0.15) is 4.68 Å². The molecule has 1 saturated heterocycles. The number of nitrogens with one attached hydrogen (secondary N) is 2. The van der Waals surface area contributed by atoms with Gasteiger partial charge in [0.05, 0.1) is 23.4 Å². The number of fused-ring (bicyclic) bond motifs is 1. The normalized spacial score (nSPS) is 17.1. The van der Waals surface area contributed by atoms with Crippen LogP contribution in [0.4, 0.5) is 10.3 Å². The van der Waals surface area contributed by atoms with Crippen LogP contribution in [0, 0.1) is 18.7 Å². The first-order valence-electron chi connectivity index (χ1n) is 12.1. The van der Waals surface area contributed by atoms with Crippen LogP contribution < -0.4 is 10.5 Å². The van der Waals surface area contributed by atoms with Crippen LogP contribution in [0.5, 0.6) is 0 Å². The molecule has 8 nitrogen and oxygen atoms in total. The van der Waals surface area contributed by atoms with Crippen molar-refractivity contribution in [1.29, 1.82) is 0 Å². The number of hydrogen-bond acceptors (Lipinski definition) is 5. The van der Waals surface area contributed by atoms with Gasteiger partial charge in [-0.3, -0.25) is 9.89 Å². The fourth-order valence-electron chi connectivity index (χ4n) is 5.04. The van der Waals surface area contributed by atoms with E-state index in [2.05, 4.69) is 29.9 Å². The molecule has 0 spiro atoms. The third kappa shape index (κ3) is 3.99. The average Bonchev–Trinajstić information content (AvgIpc) is 3.52. The summed E-state index contributed by atoms with van der Waals surface area (Å²) < 4.78 is 14.7. The van der Waals surface area contributed by atoms with Crippen LogP contribution >= 0.6 is 0 Å². The van der Waals surface area contributed by atoms with Crippen molar-refractivity contribution in [2.24, 2.45) is 5.92 Å². The first-order valence-corrected chi connectivity index (χ1v) is 12.1. The SMILES string of the molecule is Cc1ccc2nc(-n3[nH]c(C4CC4)c(CCC4CCN(c5ncc(F)cn5)CC4)c3=O)[nH]c2c1. The van der Waals surface area contributed by atoms with E-state index in [0.29, 0.717) is 23.7 Å². The van der Waals surface area contributed by atoms with E-state index < -0.39 is 5.82 Å². The minimum Gasteiger partial charge on any atom is -0.341 e. The Morgan fingerprint density at radius 2 is 1.88 bits per heavy atom. The Balaban J connectivity index is 1.17. The van der Waals surface area contributed by atoms with Gasteiger partial charge in [0.1, 0.15) is 0 Å². The highest BCUT2D eigenvalue weighted by atomic mass is 19.1. The number of nitrogens with zero attached hydrogens (tertiary/aromatic N) is 5. The molecule has 0 radical (unpaired) electrons. The summed E-state index contributed by atoms with van der Waals surface area (Å²) in [6.45, 7) is 3.74. The smallest absolute Gasteiger partial charge is 0.277 e. The lowest BCUT2D eigenvalue weighted by Crippen LogP contribution is -2.35. The molecule has 2 fully saturated rings. The van der Waals surface area contributed by atoms with Crippen LogP contribution in [0.2, 0.25) is 0 Å². The largest absolute Gasteiger partial charge is 0.341 e.